The van der Waals surface area contributed by atoms with Gasteiger partial charge in [0.25, 0.3) is 0 Å². The zero-order valence-corrected chi connectivity index (χ0v) is 10.5. The molecule has 4 aliphatic carbocycles. The van der Waals surface area contributed by atoms with Gasteiger partial charge >= 0.3 is 0 Å². The van der Waals surface area contributed by atoms with Gasteiger partial charge in [-0.25, -0.2) is 0 Å². The maximum Gasteiger partial charge on any atom is 0.0835 e. The summed E-state index contributed by atoms with van der Waals surface area (Å²) in [6, 6.07) is 0. The molecule has 0 radical (unpaired) electrons. The van der Waals surface area contributed by atoms with Crippen molar-refractivity contribution >= 4 is 11.6 Å². The summed E-state index contributed by atoms with van der Waals surface area (Å²) in [4.78, 5) is 0. The standard InChI is InChI=1S/C14H20ClN/c15-3-1-2-4-16-14-8-11-5-12(9-14)7-13(6-11)10-14/h11-13,16H,3-10H2. The van der Waals surface area contributed by atoms with Crippen molar-refractivity contribution in [3.05, 3.63) is 0 Å². The van der Waals surface area contributed by atoms with E-state index >= 15 is 0 Å². The molecule has 0 saturated heterocycles. The van der Waals surface area contributed by atoms with E-state index in [1.165, 1.54) is 38.5 Å². The molecule has 2 heteroatoms. The summed E-state index contributed by atoms with van der Waals surface area (Å²) in [5.74, 6) is 9.55. The minimum Gasteiger partial charge on any atom is -0.301 e. The Labute approximate surface area is 103 Å². The first-order valence-electron chi connectivity index (χ1n) is 6.56. The summed E-state index contributed by atoms with van der Waals surface area (Å²) >= 11 is 5.55. The number of hydrogen-bond donors (Lipinski definition) is 1. The van der Waals surface area contributed by atoms with Crippen LogP contribution >= 0.6 is 11.6 Å². The predicted molar refractivity (Wildman–Crippen MR) is 67.4 cm³/mol. The first kappa shape index (κ1) is 10.9. The molecular weight excluding hydrogens is 218 g/mol. The smallest absolute Gasteiger partial charge is 0.0835 e. The van der Waals surface area contributed by atoms with Crippen LogP contribution in [0.4, 0.5) is 0 Å². The Morgan fingerprint density at radius 3 is 2.06 bits per heavy atom. The average molecular weight is 238 g/mol. The van der Waals surface area contributed by atoms with E-state index in [4.69, 9.17) is 11.6 Å². The summed E-state index contributed by atoms with van der Waals surface area (Å²) in [6.07, 6.45) is 8.74. The van der Waals surface area contributed by atoms with Crippen molar-refractivity contribution in [3.8, 4) is 11.8 Å². The third kappa shape index (κ3) is 1.98. The van der Waals surface area contributed by atoms with Gasteiger partial charge in [0.2, 0.25) is 0 Å². The van der Waals surface area contributed by atoms with Crippen LogP contribution in [-0.2, 0) is 0 Å². The summed E-state index contributed by atoms with van der Waals surface area (Å²) in [5, 5.41) is 3.73. The maximum atomic E-state index is 5.55. The Balaban J connectivity index is 1.64. The molecule has 1 N–H and O–H groups in total. The second kappa shape index (κ2) is 4.24. The van der Waals surface area contributed by atoms with Gasteiger partial charge in [0.1, 0.15) is 0 Å². The number of alkyl halides is 1. The molecule has 0 aromatic carbocycles. The van der Waals surface area contributed by atoms with E-state index in [1.807, 2.05) is 0 Å². The maximum absolute atomic E-state index is 5.55. The molecule has 0 amide bonds. The topological polar surface area (TPSA) is 12.0 Å². The second-order valence-electron chi connectivity index (χ2n) is 6.04. The normalized spacial score (nSPS) is 44.2. The molecule has 4 aliphatic rings. The molecule has 0 aromatic rings. The van der Waals surface area contributed by atoms with Gasteiger partial charge in [0, 0.05) is 5.54 Å². The van der Waals surface area contributed by atoms with Crippen LogP contribution in [0.2, 0.25) is 0 Å². The minimum absolute atomic E-state index is 0.454. The Kier molecular flexibility index (Phi) is 2.90. The lowest BCUT2D eigenvalue weighted by atomic mass is 9.53. The zero-order valence-electron chi connectivity index (χ0n) is 9.77. The summed E-state index contributed by atoms with van der Waals surface area (Å²) in [6.45, 7) is 0.832. The molecule has 16 heavy (non-hydrogen) atoms. The highest BCUT2D eigenvalue weighted by atomic mass is 35.5. The van der Waals surface area contributed by atoms with Crippen LogP contribution in [0.25, 0.3) is 0 Å². The Morgan fingerprint density at radius 2 is 1.56 bits per heavy atom. The van der Waals surface area contributed by atoms with Gasteiger partial charge in [-0.1, -0.05) is 11.8 Å². The molecule has 4 bridgehead atoms. The second-order valence-corrected chi connectivity index (χ2v) is 6.31. The molecule has 4 rings (SSSR count). The molecule has 1 nitrogen and oxygen atoms in total. The third-order valence-corrected chi connectivity index (χ3v) is 4.92. The first-order chi connectivity index (χ1) is 7.80. The van der Waals surface area contributed by atoms with E-state index in [0.717, 1.165) is 24.3 Å². The molecule has 0 atom stereocenters. The largest absolute Gasteiger partial charge is 0.301 e. The van der Waals surface area contributed by atoms with Crippen molar-refractivity contribution in [2.45, 2.75) is 44.1 Å². The molecule has 4 fully saturated rings. The fraction of sp³-hybridized carbons (Fsp3) is 0.857. The van der Waals surface area contributed by atoms with Crippen LogP contribution in [0.5, 0.6) is 0 Å². The molecule has 4 saturated carbocycles. The van der Waals surface area contributed by atoms with E-state index in [9.17, 15) is 0 Å². The third-order valence-electron chi connectivity index (χ3n) is 4.78. The summed E-state index contributed by atoms with van der Waals surface area (Å²) in [7, 11) is 0. The predicted octanol–water partition coefficient (Wildman–Crippen LogP) is 2.79. The Bertz CT molecular complexity index is 290. The van der Waals surface area contributed by atoms with Crippen molar-refractivity contribution in [2.75, 3.05) is 12.4 Å². The van der Waals surface area contributed by atoms with Crippen LogP contribution < -0.4 is 5.32 Å². The number of nitrogens with one attached hydrogen (secondary N) is 1. The van der Waals surface area contributed by atoms with Crippen molar-refractivity contribution in [1.29, 1.82) is 0 Å². The molecule has 0 aromatic heterocycles. The van der Waals surface area contributed by atoms with Gasteiger partial charge in [-0.15, -0.1) is 11.6 Å². The van der Waals surface area contributed by atoms with Crippen LogP contribution in [0, 0.1) is 29.6 Å². The van der Waals surface area contributed by atoms with E-state index < -0.39 is 0 Å². The molecule has 0 aliphatic heterocycles. The van der Waals surface area contributed by atoms with Crippen LogP contribution in [0.3, 0.4) is 0 Å². The minimum atomic E-state index is 0.454. The lowest BCUT2D eigenvalue weighted by Crippen LogP contribution is -2.58. The molecule has 0 heterocycles. The van der Waals surface area contributed by atoms with E-state index in [0.29, 0.717) is 11.4 Å². The van der Waals surface area contributed by atoms with Crippen LogP contribution in [-0.4, -0.2) is 18.0 Å². The van der Waals surface area contributed by atoms with E-state index in [2.05, 4.69) is 17.2 Å². The number of hydrogen-bond acceptors (Lipinski definition) is 1. The van der Waals surface area contributed by atoms with Crippen molar-refractivity contribution in [3.63, 3.8) is 0 Å². The molecule has 0 unspecified atom stereocenters. The van der Waals surface area contributed by atoms with Gasteiger partial charge in [-0.05, 0) is 56.3 Å². The van der Waals surface area contributed by atoms with Gasteiger partial charge < -0.3 is 5.32 Å². The fourth-order valence-corrected chi connectivity index (χ4v) is 4.76. The van der Waals surface area contributed by atoms with Gasteiger partial charge in [-0.3, -0.25) is 0 Å². The highest BCUT2D eigenvalue weighted by molar-refractivity contribution is 6.19. The summed E-state index contributed by atoms with van der Waals surface area (Å²) < 4.78 is 0. The lowest BCUT2D eigenvalue weighted by molar-refractivity contribution is -0.0176. The SMILES string of the molecule is ClCC#CCNC12CC3CC(CC(C3)C1)C2. The van der Waals surface area contributed by atoms with Crippen LogP contribution in [0.15, 0.2) is 0 Å². The van der Waals surface area contributed by atoms with Gasteiger partial charge in [0.05, 0.1) is 12.4 Å². The molecule has 88 valence electrons. The number of rotatable bonds is 2. The average Bonchev–Trinajstić information content (AvgIpc) is 2.22. The summed E-state index contributed by atoms with van der Waals surface area (Å²) in [5.41, 5.74) is 0.454. The van der Waals surface area contributed by atoms with E-state index in [1.54, 1.807) is 0 Å². The first-order valence-corrected chi connectivity index (χ1v) is 7.10. The van der Waals surface area contributed by atoms with Crippen molar-refractivity contribution < 1.29 is 0 Å². The van der Waals surface area contributed by atoms with Gasteiger partial charge in [0.15, 0.2) is 0 Å². The quantitative estimate of drug-likeness (QED) is 0.575. The molecule has 0 spiro atoms. The van der Waals surface area contributed by atoms with E-state index in [-0.39, 0.29) is 0 Å². The van der Waals surface area contributed by atoms with Gasteiger partial charge in [-0.2, -0.15) is 0 Å². The Morgan fingerprint density at radius 1 is 1.00 bits per heavy atom. The lowest BCUT2D eigenvalue weighted by Gasteiger charge is -2.57. The molecular formula is C14H20ClN. The number of halogens is 1. The highest BCUT2D eigenvalue weighted by Gasteiger charge is 2.50. The highest BCUT2D eigenvalue weighted by Crippen LogP contribution is 2.55. The monoisotopic (exact) mass is 237 g/mol. The van der Waals surface area contributed by atoms with Crippen molar-refractivity contribution in [2.24, 2.45) is 17.8 Å². The fourth-order valence-electron chi connectivity index (χ4n) is 4.67. The zero-order chi connectivity index (χ0) is 11.0. The van der Waals surface area contributed by atoms with Crippen LogP contribution in [0.1, 0.15) is 38.5 Å². The van der Waals surface area contributed by atoms with Crippen molar-refractivity contribution in [1.82, 2.24) is 5.32 Å². The Hall–Kier alpha value is -0.190.